The molecule has 68 valence electrons. The fraction of sp³-hybridized carbons (Fsp3) is 0.200. The fourth-order valence-electron chi connectivity index (χ4n) is 0.961. The summed E-state index contributed by atoms with van der Waals surface area (Å²) in [5.74, 6) is 0. The highest BCUT2D eigenvalue weighted by molar-refractivity contribution is 5.51. The van der Waals surface area contributed by atoms with E-state index in [-0.39, 0.29) is 5.69 Å². The van der Waals surface area contributed by atoms with Crippen molar-refractivity contribution in [3.63, 3.8) is 0 Å². The SMILES string of the molecule is CC/C=C/c1ccc([N+](=O)[O-])cc1. The Morgan fingerprint density at radius 2 is 2.00 bits per heavy atom. The van der Waals surface area contributed by atoms with Gasteiger partial charge in [0.1, 0.15) is 0 Å². The summed E-state index contributed by atoms with van der Waals surface area (Å²) < 4.78 is 0. The van der Waals surface area contributed by atoms with E-state index in [0.717, 1.165) is 12.0 Å². The molecule has 0 aliphatic rings. The van der Waals surface area contributed by atoms with Gasteiger partial charge in [-0.1, -0.05) is 19.1 Å². The fourth-order valence-corrected chi connectivity index (χ4v) is 0.961. The molecule has 3 heteroatoms. The molecule has 0 aromatic heterocycles. The van der Waals surface area contributed by atoms with E-state index in [0.29, 0.717) is 0 Å². The van der Waals surface area contributed by atoms with Gasteiger partial charge in [0, 0.05) is 12.1 Å². The van der Waals surface area contributed by atoms with Crippen LogP contribution in [0.4, 0.5) is 5.69 Å². The molecule has 1 aromatic rings. The predicted octanol–water partition coefficient (Wildman–Crippen LogP) is 3.02. The van der Waals surface area contributed by atoms with Gasteiger partial charge in [-0.05, 0) is 24.1 Å². The first-order valence-corrected chi connectivity index (χ1v) is 4.15. The van der Waals surface area contributed by atoms with Crippen molar-refractivity contribution in [1.29, 1.82) is 0 Å². The van der Waals surface area contributed by atoms with Crippen LogP contribution in [0.2, 0.25) is 0 Å². The Balaban J connectivity index is 2.81. The second kappa shape index (κ2) is 4.40. The van der Waals surface area contributed by atoms with Gasteiger partial charge < -0.3 is 0 Å². The lowest BCUT2D eigenvalue weighted by Crippen LogP contribution is -1.86. The van der Waals surface area contributed by atoms with Crippen LogP contribution in [0.15, 0.2) is 30.3 Å². The summed E-state index contributed by atoms with van der Waals surface area (Å²) in [6.45, 7) is 2.04. The standard InChI is InChI=1S/C10H11NO2/c1-2-3-4-9-5-7-10(8-6-9)11(12)13/h3-8H,2H2,1H3/b4-3+. The topological polar surface area (TPSA) is 43.1 Å². The molecule has 0 saturated heterocycles. The number of allylic oxidation sites excluding steroid dienone is 1. The van der Waals surface area contributed by atoms with Crippen LogP contribution < -0.4 is 0 Å². The summed E-state index contributed by atoms with van der Waals surface area (Å²) in [7, 11) is 0. The third kappa shape index (κ3) is 2.71. The van der Waals surface area contributed by atoms with Crippen LogP contribution in [0.5, 0.6) is 0 Å². The van der Waals surface area contributed by atoms with Crippen LogP contribution in [0.1, 0.15) is 18.9 Å². The van der Waals surface area contributed by atoms with E-state index in [4.69, 9.17) is 0 Å². The second-order valence-corrected chi connectivity index (χ2v) is 2.66. The number of rotatable bonds is 3. The number of hydrogen-bond acceptors (Lipinski definition) is 2. The van der Waals surface area contributed by atoms with Crippen LogP contribution in [-0.4, -0.2) is 4.92 Å². The van der Waals surface area contributed by atoms with E-state index in [9.17, 15) is 10.1 Å². The average molecular weight is 177 g/mol. The van der Waals surface area contributed by atoms with Gasteiger partial charge in [-0.15, -0.1) is 0 Å². The molecule has 0 saturated carbocycles. The van der Waals surface area contributed by atoms with Crippen molar-refractivity contribution in [3.8, 4) is 0 Å². The first-order valence-electron chi connectivity index (χ1n) is 4.15. The van der Waals surface area contributed by atoms with Gasteiger partial charge in [-0.25, -0.2) is 0 Å². The molecule has 0 heterocycles. The zero-order chi connectivity index (χ0) is 9.68. The molecular weight excluding hydrogens is 166 g/mol. The second-order valence-electron chi connectivity index (χ2n) is 2.66. The zero-order valence-corrected chi connectivity index (χ0v) is 7.43. The van der Waals surface area contributed by atoms with Gasteiger partial charge in [0.15, 0.2) is 0 Å². The van der Waals surface area contributed by atoms with Crippen molar-refractivity contribution in [2.24, 2.45) is 0 Å². The van der Waals surface area contributed by atoms with Crippen molar-refractivity contribution in [2.45, 2.75) is 13.3 Å². The van der Waals surface area contributed by atoms with Crippen molar-refractivity contribution < 1.29 is 4.92 Å². The molecule has 0 bridgehead atoms. The molecule has 0 spiro atoms. The minimum Gasteiger partial charge on any atom is -0.258 e. The van der Waals surface area contributed by atoms with Crippen LogP contribution in [-0.2, 0) is 0 Å². The average Bonchev–Trinajstić information content (AvgIpc) is 2.15. The molecule has 0 N–H and O–H groups in total. The monoisotopic (exact) mass is 177 g/mol. The lowest BCUT2D eigenvalue weighted by atomic mass is 10.2. The molecule has 13 heavy (non-hydrogen) atoms. The summed E-state index contributed by atoms with van der Waals surface area (Å²) in [5, 5.41) is 10.3. The number of nitrogens with zero attached hydrogens (tertiary/aromatic N) is 1. The number of non-ortho nitro benzene ring substituents is 1. The van der Waals surface area contributed by atoms with Gasteiger partial charge in [-0.3, -0.25) is 10.1 Å². The minimum absolute atomic E-state index is 0.133. The smallest absolute Gasteiger partial charge is 0.258 e. The molecule has 0 atom stereocenters. The van der Waals surface area contributed by atoms with Crippen LogP contribution in [0, 0.1) is 10.1 Å². The first-order chi connectivity index (χ1) is 6.24. The van der Waals surface area contributed by atoms with Crippen molar-refractivity contribution >= 4 is 11.8 Å². The van der Waals surface area contributed by atoms with Gasteiger partial charge in [0.2, 0.25) is 0 Å². The number of nitro benzene ring substituents is 1. The molecular formula is C10H11NO2. The van der Waals surface area contributed by atoms with Crippen LogP contribution in [0.3, 0.4) is 0 Å². The predicted molar refractivity (Wildman–Crippen MR) is 52.4 cm³/mol. The molecule has 0 amide bonds. The quantitative estimate of drug-likeness (QED) is 0.526. The van der Waals surface area contributed by atoms with E-state index in [1.165, 1.54) is 12.1 Å². The Labute approximate surface area is 76.9 Å². The van der Waals surface area contributed by atoms with Crippen molar-refractivity contribution in [3.05, 3.63) is 46.0 Å². The summed E-state index contributed by atoms with van der Waals surface area (Å²) in [5.41, 5.74) is 1.13. The highest BCUT2D eigenvalue weighted by atomic mass is 16.6. The molecule has 0 aliphatic heterocycles. The minimum atomic E-state index is -0.396. The Bertz CT molecular complexity index is 314. The summed E-state index contributed by atoms with van der Waals surface area (Å²) in [4.78, 5) is 9.92. The lowest BCUT2D eigenvalue weighted by Gasteiger charge is -1.92. The van der Waals surface area contributed by atoms with Gasteiger partial charge in [0.25, 0.3) is 5.69 Å². The van der Waals surface area contributed by atoms with Crippen LogP contribution in [0.25, 0.3) is 6.08 Å². The summed E-state index contributed by atoms with van der Waals surface area (Å²) in [6, 6.07) is 6.50. The van der Waals surface area contributed by atoms with E-state index in [1.54, 1.807) is 12.1 Å². The molecule has 0 radical (unpaired) electrons. The van der Waals surface area contributed by atoms with E-state index in [2.05, 4.69) is 0 Å². The van der Waals surface area contributed by atoms with Crippen molar-refractivity contribution in [1.82, 2.24) is 0 Å². The Kier molecular flexibility index (Phi) is 3.20. The highest BCUT2D eigenvalue weighted by Crippen LogP contribution is 2.12. The van der Waals surface area contributed by atoms with Gasteiger partial charge in [-0.2, -0.15) is 0 Å². The lowest BCUT2D eigenvalue weighted by molar-refractivity contribution is -0.384. The molecule has 1 aromatic carbocycles. The van der Waals surface area contributed by atoms with E-state index >= 15 is 0 Å². The maximum absolute atomic E-state index is 10.3. The van der Waals surface area contributed by atoms with Gasteiger partial charge >= 0.3 is 0 Å². The molecule has 0 fully saturated rings. The highest BCUT2D eigenvalue weighted by Gasteiger charge is 2.01. The van der Waals surface area contributed by atoms with Crippen molar-refractivity contribution in [2.75, 3.05) is 0 Å². The first kappa shape index (κ1) is 9.45. The molecule has 1 rings (SSSR count). The number of nitro groups is 1. The Morgan fingerprint density at radius 3 is 2.46 bits per heavy atom. The number of benzene rings is 1. The Hall–Kier alpha value is -1.64. The third-order valence-corrected chi connectivity index (χ3v) is 1.65. The maximum Gasteiger partial charge on any atom is 0.269 e. The van der Waals surface area contributed by atoms with E-state index < -0.39 is 4.92 Å². The maximum atomic E-state index is 10.3. The molecule has 0 aliphatic carbocycles. The van der Waals surface area contributed by atoms with E-state index in [1.807, 2.05) is 19.1 Å². The summed E-state index contributed by atoms with van der Waals surface area (Å²) in [6.07, 6.45) is 4.93. The number of hydrogen-bond donors (Lipinski definition) is 0. The molecule has 3 nitrogen and oxygen atoms in total. The van der Waals surface area contributed by atoms with Crippen LogP contribution >= 0.6 is 0 Å². The largest absolute Gasteiger partial charge is 0.269 e. The third-order valence-electron chi connectivity index (χ3n) is 1.65. The zero-order valence-electron chi connectivity index (χ0n) is 7.43. The normalized spacial score (nSPS) is 10.5. The molecule has 0 unspecified atom stereocenters. The van der Waals surface area contributed by atoms with Gasteiger partial charge in [0.05, 0.1) is 4.92 Å². The Morgan fingerprint density at radius 1 is 1.38 bits per heavy atom. The summed E-state index contributed by atoms with van der Waals surface area (Å²) >= 11 is 0.